The topological polar surface area (TPSA) is 87.2 Å². The predicted molar refractivity (Wildman–Crippen MR) is 118 cm³/mol. The zero-order valence-corrected chi connectivity index (χ0v) is 18.0. The summed E-state index contributed by atoms with van der Waals surface area (Å²) in [5.41, 5.74) is 3.24. The van der Waals surface area contributed by atoms with Crippen molar-refractivity contribution in [3.63, 3.8) is 0 Å². The molecule has 2 N–H and O–H groups in total. The summed E-state index contributed by atoms with van der Waals surface area (Å²) in [7, 11) is 0. The molecule has 1 fully saturated rings. The van der Waals surface area contributed by atoms with E-state index in [1.807, 2.05) is 32.0 Å². The summed E-state index contributed by atoms with van der Waals surface area (Å²) in [6, 6.07) is 11.1. The van der Waals surface area contributed by atoms with Crippen molar-refractivity contribution >= 4 is 34.6 Å². The van der Waals surface area contributed by atoms with Crippen molar-refractivity contribution in [3.05, 3.63) is 69.4 Å². The summed E-state index contributed by atoms with van der Waals surface area (Å²) < 4.78 is 13.3. The summed E-state index contributed by atoms with van der Waals surface area (Å²) in [6.45, 7) is 4.57. The van der Waals surface area contributed by atoms with E-state index in [4.69, 9.17) is 0 Å². The highest BCUT2D eigenvalue weighted by Gasteiger charge is 2.33. The van der Waals surface area contributed by atoms with E-state index in [-0.39, 0.29) is 17.1 Å². The minimum atomic E-state index is -0.460. The van der Waals surface area contributed by atoms with Crippen molar-refractivity contribution < 1.29 is 14.0 Å². The van der Waals surface area contributed by atoms with Gasteiger partial charge in [0, 0.05) is 17.9 Å². The van der Waals surface area contributed by atoms with Crippen molar-refractivity contribution in [1.82, 2.24) is 15.1 Å². The molecule has 160 valence electrons. The molecule has 0 saturated carbocycles. The fourth-order valence-corrected chi connectivity index (χ4v) is 4.51. The van der Waals surface area contributed by atoms with Gasteiger partial charge in [-0.25, -0.2) is 9.18 Å². The molecule has 2 aromatic carbocycles. The number of benzene rings is 2. The molecule has 0 aliphatic carbocycles. The zero-order valence-electron chi connectivity index (χ0n) is 17.2. The van der Waals surface area contributed by atoms with Crippen LogP contribution in [0.25, 0.3) is 0 Å². The van der Waals surface area contributed by atoms with E-state index in [1.54, 1.807) is 11.0 Å². The Morgan fingerprint density at radius 1 is 1.13 bits per heavy atom. The molecule has 1 atom stereocenters. The number of hydrogen-bond acceptors (Lipinski definition) is 5. The fraction of sp³-hybridized carbons (Fsp3) is 0.273. The monoisotopic (exact) mass is 439 g/mol. The molecule has 1 aliphatic rings. The third-order valence-corrected chi connectivity index (χ3v) is 6.16. The molecular weight excluding hydrogens is 417 g/mol. The fourth-order valence-electron chi connectivity index (χ4n) is 3.62. The van der Waals surface area contributed by atoms with Crippen LogP contribution in [-0.4, -0.2) is 33.6 Å². The number of carbonyl (C=O) groups excluding carboxylic acids is 2. The Morgan fingerprint density at radius 3 is 2.74 bits per heavy atom. The number of likely N-dealkylation sites (tertiary alicyclic amines) is 1. The Kier molecular flexibility index (Phi) is 5.94. The Morgan fingerprint density at radius 2 is 1.97 bits per heavy atom. The maximum absolute atomic E-state index is 13.3. The molecule has 0 radical (unpaired) electrons. The van der Waals surface area contributed by atoms with Crippen LogP contribution in [0.1, 0.15) is 44.8 Å². The number of nitrogens with zero attached hydrogens (tertiary/aromatic N) is 3. The van der Waals surface area contributed by atoms with E-state index in [0.29, 0.717) is 17.2 Å². The van der Waals surface area contributed by atoms with Crippen molar-refractivity contribution in [2.45, 2.75) is 32.7 Å². The van der Waals surface area contributed by atoms with Gasteiger partial charge < -0.3 is 15.5 Å². The molecular formula is C22H22FN5O2S. The lowest BCUT2D eigenvalue weighted by Crippen LogP contribution is -2.34. The number of carbonyl (C=O) groups is 2. The number of aromatic nitrogens is 2. The van der Waals surface area contributed by atoms with Gasteiger partial charge in [-0.05, 0) is 56.5 Å². The molecule has 1 saturated heterocycles. The number of rotatable bonds is 4. The van der Waals surface area contributed by atoms with Crippen molar-refractivity contribution in [3.8, 4) is 0 Å². The SMILES string of the molecule is Cc1ccc(NC(=O)N2CCCC2c2nnc(C(=O)Nc3cccc(F)c3)s2)c(C)c1. The summed E-state index contributed by atoms with van der Waals surface area (Å²) in [5.74, 6) is -0.897. The van der Waals surface area contributed by atoms with Gasteiger partial charge in [-0.1, -0.05) is 35.1 Å². The van der Waals surface area contributed by atoms with E-state index >= 15 is 0 Å². The second kappa shape index (κ2) is 8.81. The number of halogens is 1. The highest BCUT2D eigenvalue weighted by Crippen LogP contribution is 2.34. The van der Waals surface area contributed by atoms with Crippen LogP contribution in [0, 0.1) is 19.7 Å². The van der Waals surface area contributed by atoms with Gasteiger partial charge in [0.15, 0.2) is 0 Å². The van der Waals surface area contributed by atoms with Crippen LogP contribution in [0.3, 0.4) is 0 Å². The van der Waals surface area contributed by atoms with Gasteiger partial charge in [-0.2, -0.15) is 0 Å². The number of urea groups is 1. The molecule has 4 rings (SSSR count). The Balaban J connectivity index is 1.46. The van der Waals surface area contributed by atoms with Crippen LogP contribution in [0.4, 0.5) is 20.6 Å². The van der Waals surface area contributed by atoms with E-state index in [9.17, 15) is 14.0 Å². The number of anilines is 2. The molecule has 31 heavy (non-hydrogen) atoms. The van der Waals surface area contributed by atoms with Crippen LogP contribution in [0.5, 0.6) is 0 Å². The molecule has 2 heterocycles. The predicted octanol–water partition coefficient (Wildman–Crippen LogP) is 4.92. The first-order valence-corrected chi connectivity index (χ1v) is 10.8. The number of aryl methyl sites for hydroxylation is 2. The minimum absolute atomic E-state index is 0.167. The average molecular weight is 440 g/mol. The lowest BCUT2D eigenvalue weighted by molar-refractivity contribution is 0.102. The van der Waals surface area contributed by atoms with Gasteiger partial charge >= 0.3 is 6.03 Å². The minimum Gasteiger partial charge on any atom is -0.320 e. The van der Waals surface area contributed by atoms with Gasteiger partial charge in [-0.3, -0.25) is 4.79 Å². The molecule has 0 spiro atoms. The van der Waals surface area contributed by atoms with E-state index in [2.05, 4.69) is 20.8 Å². The van der Waals surface area contributed by atoms with Gasteiger partial charge in [0.2, 0.25) is 5.01 Å². The second-order valence-corrected chi connectivity index (χ2v) is 8.52. The summed E-state index contributed by atoms with van der Waals surface area (Å²) in [4.78, 5) is 27.1. The standard InChI is InChI=1S/C22H22FN5O2S/c1-13-8-9-17(14(2)11-13)25-22(30)28-10-4-7-18(28)20-26-27-21(31-20)19(29)24-16-6-3-5-15(23)12-16/h3,5-6,8-9,11-12,18H,4,7,10H2,1-2H3,(H,24,29)(H,25,30). The number of nitrogens with one attached hydrogen (secondary N) is 2. The Labute approximate surface area is 183 Å². The van der Waals surface area contributed by atoms with Crippen LogP contribution in [0.2, 0.25) is 0 Å². The number of hydrogen-bond donors (Lipinski definition) is 2. The average Bonchev–Trinajstić information content (AvgIpc) is 3.39. The van der Waals surface area contributed by atoms with Gasteiger partial charge in [0.25, 0.3) is 5.91 Å². The van der Waals surface area contributed by atoms with Crippen molar-refractivity contribution in [2.75, 3.05) is 17.2 Å². The maximum atomic E-state index is 13.3. The lowest BCUT2D eigenvalue weighted by atomic mass is 10.1. The molecule has 1 aliphatic heterocycles. The third-order valence-electron chi connectivity index (χ3n) is 5.14. The quantitative estimate of drug-likeness (QED) is 0.604. The van der Waals surface area contributed by atoms with E-state index in [1.165, 1.54) is 18.2 Å². The van der Waals surface area contributed by atoms with Crippen LogP contribution < -0.4 is 10.6 Å². The van der Waals surface area contributed by atoms with Gasteiger partial charge in [0.1, 0.15) is 10.8 Å². The number of amides is 3. The first-order chi connectivity index (χ1) is 14.9. The highest BCUT2D eigenvalue weighted by molar-refractivity contribution is 7.13. The zero-order chi connectivity index (χ0) is 22.0. The Bertz CT molecular complexity index is 1130. The first kappa shape index (κ1) is 20.9. The van der Waals surface area contributed by atoms with E-state index in [0.717, 1.165) is 41.0 Å². The van der Waals surface area contributed by atoms with Crippen LogP contribution >= 0.6 is 11.3 Å². The summed E-state index contributed by atoms with van der Waals surface area (Å²) in [6.07, 6.45) is 1.59. The maximum Gasteiger partial charge on any atom is 0.322 e. The molecule has 3 amide bonds. The van der Waals surface area contributed by atoms with Crippen molar-refractivity contribution in [2.24, 2.45) is 0 Å². The molecule has 1 unspecified atom stereocenters. The van der Waals surface area contributed by atoms with Crippen molar-refractivity contribution in [1.29, 1.82) is 0 Å². The van der Waals surface area contributed by atoms with Gasteiger partial charge in [0.05, 0.1) is 6.04 Å². The molecule has 1 aromatic heterocycles. The molecule has 0 bridgehead atoms. The van der Waals surface area contributed by atoms with E-state index < -0.39 is 11.7 Å². The molecule has 3 aromatic rings. The normalized spacial score (nSPS) is 15.7. The largest absolute Gasteiger partial charge is 0.322 e. The van der Waals surface area contributed by atoms with Gasteiger partial charge in [-0.15, -0.1) is 10.2 Å². The molecule has 7 nitrogen and oxygen atoms in total. The smallest absolute Gasteiger partial charge is 0.320 e. The summed E-state index contributed by atoms with van der Waals surface area (Å²) in [5, 5.41) is 14.5. The lowest BCUT2D eigenvalue weighted by Gasteiger charge is -2.23. The third kappa shape index (κ3) is 4.72. The highest BCUT2D eigenvalue weighted by atomic mass is 32.1. The first-order valence-electron chi connectivity index (χ1n) is 9.96. The van der Waals surface area contributed by atoms with Crippen LogP contribution in [-0.2, 0) is 0 Å². The molecule has 9 heteroatoms. The Hall–Kier alpha value is -3.33. The van der Waals surface area contributed by atoms with Crippen LogP contribution in [0.15, 0.2) is 42.5 Å². The second-order valence-electron chi connectivity index (χ2n) is 7.51. The summed E-state index contributed by atoms with van der Waals surface area (Å²) >= 11 is 1.14.